The van der Waals surface area contributed by atoms with Crippen LogP contribution in [-0.2, 0) is 4.74 Å². The maximum atomic E-state index is 12.3. The number of nitrogens with zero attached hydrogens (tertiary/aromatic N) is 1. The Morgan fingerprint density at radius 1 is 1.44 bits per heavy atom. The average Bonchev–Trinajstić information content (AvgIpc) is 2.86. The van der Waals surface area contributed by atoms with E-state index in [-0.39, 0.29) is 17.9 Å². The van der Waals surface area contributed by atoms with Crippen molar-refractivity contribution in [2.75, 3.05) is 20.2 Å². The lowest BCUT2D eigenvalue weighted by atomic mass is 10.0. The molecule has 0 radical (unpaired) electrons. The van der Waals surface area contributed by atoms with Crippen LogP contribution in [-0.4, -0.2) is 43.0 Å². The van der Waals surface area contributed by atoms with Gasteiger partial charge in [0.2, 0.25) is 0 Å². The molecule has 0 aliphatic carbocycles. The topological polar surface area (TPSA) is 29.5 Å². The number of likely N-dealkylation sites (tertiary alicyclic amines) is 1. The summed E-state index contributed by atoms with van der Waals surface area (Å²) >= 11 is 3.38. The normalized spacial score (nSPS) is 22.1. The van der Waals surface area contributed by atoms with E-state index in [4.69, 9.17) is 4.74 Å². The molecule has 1 aliphatic heterocycles. The first kappa shape index (κ1) is 13.7. The van der Waals surface area contributed by atoms with Gasteiger partial charge in [-0.2, -0.15) is 0 Å². The Kier molecular flexibility index (Phi) is 4.54. The van der Waals surface area contributed by atoms with Crippen molar-refractivity contribution in [3.8, 4) is 0 Å². The Bertz CT molecular complexity index is 418. The van der Waals surface area contributed by atoms with E-state index in [1.54, 1.807) is 7.11 Å². The number of hydrogen-bond acceptors (Lipinski definition) is 3. The fraction of sp³-hybridized carbons (Fsp3) is 0.500. The fourth-order valence-electron chi connectivity index (χ4n) is 2.32. The number of Topliss-reactive ketones (excluding diaryl/α,β-unsaturated/α-hetero) is 1. The number of carbonyl (C=O) groups excluding carboxylic acids is 1. The van der Waals surface area contributed by atoms with E-state index in [1.165, 1.54) is 0 Å². The number of carbonyl (C=O) groups is 1. The molecule has 3 nitrogen and oxygen atoms in total. The SMILES string of the molecule is COC1CCN(C(C)C(=O)c2ccc(Br)cc2)C1. The van der Waals surface area contributed by atoms with Gasteiger partial charge in [-0.05, 0) is 25.5 Å². The second kappa shape index (κ2) is 5.95. The van der Waals surface area contributed by atoms with E-state index in [0.717, 1.165) is 29.5 Å². The van der Waals surface area contributed by atoms with E-state index in [9.17, 15) is 4.79 Å². The van der Waals surface area contributed by atoms with E-state index >= 15 is 0 Å². The molecule has 1 heterocycles. The molecule has 0 spiro atoms. The van der Waals surface area contributed by atoms with Gasteiger partial charge in [0.25, 0.3) is 0 Å². The molecule has 18 heavy (non-hydrogen) atoms. The van der Waals surface area contributed by atoms with Gasteiger partial charge in [0, 0.05) is 30.2 Å². The average molecular weight is 312 g/mol. The van der Waals surface area contributed by atoms with Gasteiger partial charge >= 0.3 is 0 Å². The van der Waals surface area contributed by atoms with E-state index < -0.39 is 0 Å². The van der Waals surface area contributed by atoms with Crippen LogP contribution < -0.4 is 0 Å². The van der Waals surface area contributed by atoms with Gasteiger partial charge in [0.05, 0.1) is 12.1 Å². The maximum Gasteiger partial charge on any atom is 0.179 e. The van der Waals surface area contributed by atoms with E-state index in [1.807, 2.05) is 31.2 Å². The zero-order valence-corrected chi connectivity index (χ0v) is 12.3. The molecule has 1 aliphatic rings. The second-order valence-electron chi connectivity index (χ2n) is 4.69. The third kappa shape index (κ3) is 2.99. The Hall–Kier alpha value is -0.710. The number of rotatable bonds is 4. The van der Waals surface area contributed by atoms with Gasteiger partial charge in [-0.1, -0.05) is 28.1 Å². The molecule has 98 valence electrons. The van der Waals surface area contributed by atoms with Crippen LogP contribution in [0, 0.1) is 0 Å². The second-order valence-corrected chi connectivity index (χ2v) is 5.60. The van der Waals surface area contributed by atoms with Crippen molar-refractivity contribution in [3.63, 3.8) is 0 Å². The molecule has 1 saturated heterocycles. The van der Waals surface area contributed by atoms with Gasteiger partial charge in [-0.15, -0.1) is 0 Å². The largest absolute Gasteiger partial charge is 0.380 e. The van der Waals surface area contributed by atoms with Crippen LogP contribution in [0.2, 0.25) is 0 Å². The number of ketones is 1. The van der Waals surface area contributed by atoms with Crippen molar-refractivity contribution in [3.05, 3.63) is 34.3 Å². The van der Waals surface area contributed by atoms with Gasteiger partial charge in [-0.3, -0.25) is 9.69 Å². The van der Waals surface area contributed by atoms with Crippen LogP contribution in [0.15, 0.2) is 28.7 Å². The minimum absolute atomic E-state index is 0.0775. The summed E-state index contributed by atoms with van der Waals surface area (Å²) in [5, 5.41) is 0. The maximum absolute atomic E-state index is 12.3. The highest BCUT2D eigenvalue weighted by atomic mass is 79.9. The smallest absolute Gasteiger partial charge is 0.179 e. The lowest BCUT2D eigenvalue weighted by molar-refractivity contribution is 0.0801. The van der Waals surface area contributed by atoms with Crippen molar-refractivity contribution in [1.29, 1.82) is 0 Å². The lowest BCUT2D eigenvalue weighted by Gasteiger charge is -2.22. The number of halogens is 1. The molecular formula is C14H18BrNO2. The van der Waals surface area contributed by atoms with Crippen LogP contribution in [0.5, 0.6) is 0 Å². The van der Waals surface area contributed by atoms with Crippen molar-refractivity contribution < 1.29 is 9.53 Å². The first-order chi connectivity index (χ1) is 8.61. The molecule has 0 amide bonds. The zero-order valence-electron chi connectivity index (χ0n) is 10.7. The molecule has 0 aromatic heterocycles. The summed E-state index contributed by atoms with van der Waals surface area (Å²) < 4.78 is 6.33. The van der Waals surface area contributed by atoms with Crippen molar-refractivity contribution in [2.45, 2.75) is 25.5 Å². The Balaban J connectivity index is 2.03. The lowest BCUT2D eigenvalue weighted by Crippen LogP contribution is -2.38. The summed E-state index contributed by atoms with van der Waals surface area (Å²) in [7, 11) is 1.73. The van der Waals surface area contributed by atoms with Crippen molar-refractivity contribution >= 4 is 21.7 Å². The molecule has 1 aromatic rings. The first-order valence-electron chi connectivity index (χ1n) is 6.18. The minimum Gasteiger partial charge on any atom is -0.380 e. The van der Waals surface area contributed by atoms with Crippen LogP contribution in [0.1, 0.15) is 23.7 Å². The monoisotopic (exact) mass is 311 g/mol. The van der Waals surface area contributed by atoms with Crippen molar-refractivity contribution in [2.24, 2.45) is 0 Å². The highest BCUT2D eigenvalue weighted by molar-refractivity contribution is 9.10. The minimum atomic E-state index is -0.0775. The highest BCUT2D eigenvalue weighted by Gasteiger charge is 2.29. The molecule has 2 unspecified atom stereocenters. The predicted molar refractivity (Wildman–Crippen MR) is 74.9 cm³/mol. The molecule has 0 saturated carbocycles. The molecule has 0 N–H and O–H groups in total. The van der Waals surface area contributed by atoms with E-state index in [2.05, 4.69) is 20.8 Å². The highest BCUT2D eigenvalue weighted by Crippen LogP contribution is 2.18. The molecule has 1 fully saturated rings. The van der Waals surface area contributed by atoms with Crippen LogP contribution in [0.3, 0.4) is 0 Å². The summed E-state index contributed by atoms with van der Waals surface area (Å²) in [6.45, 7) is 3.75. The number of benzene rings is 1. The van der Waals surface area contributed by atoms with Crippen LogP contribution >= 0.6 is 15.9 Å². The quantitative estimate of drug-likeness (QED) is 0.801. The summed E-state index contributed by atoms with van der Waals surface area (Å²) in [6.07, 6.45) is 1.28. The Morgan fingerprint density at radius 2 is 2.11 bits per heavy atom. The predicted octanol–water partition coefficient (Wildman–Crippen LogP) is 2.74. The molecule has 1 aromatic carbocycles. The van der Waals surface area contributed by atoms with Gasteiger partial charge in [0.15, 0.2) is 5.78 Å². The fourth-order valence-corrected chi connectivity index (χ4v) is 2.58. The summed E-state index contributed by atoms with van der Waals surface area (Å²) in [5.41, 5.74) is 0.770. The molecule has 2 rings (SSSR count). The van der Waals surface area contributed by atoms with E-state index in [0.29, 0.717) is 0 Å². The van der Waals surface area contributed by atoms with Crippen molar-refractivity contribution in [1.82, 2.24) is 4.90 Å². The molecule has 0 bridgehead atoms. The van der Waals surface area contributed by atoms with Gasteiger partial charge in [-0.25, -0.2) is 0 Å². The Morgan fingerprint density at radius 3 is 2.67 bits per heavy atom. The number of hydrogen-bond donors (Lipinski definition) is 0. The molecular weight excluding hydrogens is 294 g/mol. The number of ether oxygens (including phenoxy) is 1. The van der Waals surface area contributed by atoms with Crippen LogP contribution in [0.4, 0.5) is 0 Å². The zero-order chi connectivity index (χ0) is 13.1. The van der Waals surface area contributed by atoms with Gasteiger partial charge in [0.1, 0.15) is 0 Å². The third-order valence-electron chi connectivity index (χ3n) is 3.57. The number of methoxy groups -OCH3 is 1. The standard InChI is InChI=1S/C14H18BrNO2/c1-10(16-8-7-13(9-16)18-2)14(17)11-3-5-12(15)6-4-11/h3-6,10,13H,7-9H2,1-2H3. The molecule has 2 atom stereocenters. The molecule has 4 heteroatoms. The van der Waals surface area contributed by atoms with Crippen LogP contribution in [0.25, 0.3) is 0 Å². The third-order valence-corrected chi connectivity index (χ3v) is 4.09. The Labute approximate surface area is 116 Å². The summed E-state index contributed by atoms with van der Waals surface area (Å²) in [6, 6.07) is 7.47. The van der Waals surface area contributed by atoms with Gasteiger partial charge < -0.3 is 4.74 Å². The first-order valence-corrected chi connectivity index (χ1v) is 6.97. The summed E-state index contributed by atoms with van der Waals surface area (Å²) in [4.78, 5) is 14.5. The summed E-state index contributed by atoms with van der Waals surface area (Å²) in [5.74, 6) is 0.180.